The maximum Gasteiger partial charge on any atom is 0.275 e. The van der Waals surface area contributed by atoms with Gasteiger partial charge in [-0.1, -0.05) is 18.2 Å². The van der Waals surface area contributed by atoms with Gasteiger partial charge >= 0.3 is 0 Å². The molecule has 7 heteroatoms. The molecule has 0 saturated carbocycles. The number of nitrogens with one attached hydrogen (secondary N) is 1. The van der Waals surface area contributed by atoms with Crippen molar-refractivity contribution in [1.82, 2.24) is 5.43 Å². The number of halogens is 1. The number of hydrogen-bond acceptors (Lipinski definition) is 5. The first-order valence-corrected chi connectivity index (χ1v) is 11.4. The Morgan fingerprint density at radius 2 is 2.06 bits per heavy atom. The number of fused-ring (bicyclic) bond motifs is 1. The van der Waals surface area contributed by atoms with Gasteiger partial charge in [0.15, 0.2) is 0 Å². The Kier molecular flexibility index (Phi) is 6.94. The van der Waals surface area contributed by atoms with Crippen LogP contribution in [0.1, 0.15) is 33.5 Å². The van der Waals surface area contributed by atoms with Crippen molar-refractivity contribution in [2.75, 3.05) is 18.6 Å². The van der Waals surface area contributed by atoms with Gasteiger partial charge in [0.2, 0.25) is 0 Å². The highest BCUT2D eigenvalue weighted by Crippen LogP contribution is 2.30. The molecule has 4 rings (SSSR count). The highest BCUT2D eigenvalue weighted by molar-refractivity contribution is 14.1. The molecule has 1 heterocycles. The second-order valence-electron chi connectivity index (χ2n) is 7.59. The van der Waals surface area contributed by atoms with E-state index in [0.717, 1.165) is 46.4 Å². The summed E-state index contributed by atoms with van der Waals surface area (Å²) in [7, 11) is 1.67. The Labute approximate surface area is 201 Å². The highest BCUT2D eigenvalue weighted by atomic mass is 127. The number of anilines is 1. The zero-order chi connectivity index (χ0) is 22.5. The lowest BCUT2D eigenvalue weighted by atomic mass is 10.0. The first kappa shape index (κ1) is 22.1. The van der Waals surface area contributed by atoms with Gasteiger partial charge in [0, 0.05) is 27.9 Å². The molecule has 3 aromatic rings. The summed E-state index contributed by atoms with van der Waals surface area (Å²) in [4.78, 5) is 14.7. The van der Waals surface area contributed by atoms with Crippen molar-refractivity contribution >= 4 is 40.4 Å². The van der Waals surface area contributed by atoms with Crippen molar-refractivity contribution < 1.29 is 14.6 Å². The minimum atomic E-state index is -0.462. The van der Waals surface area contributed by atoms with Crippen molar-refractivity contribution in [2.24, 2.45) is 5.10 Å². The summed E-state index contributed by atoms with van der Waals surface area (Å²) in [5.41, 5.74) is 7.21. The number of ether oxygens (including phenoxy) is 1. The summed E-state index contributed by atoms with van der Waals surface area (Å²) in [5, 5.41) is 14.0. The molecule has 32 heavy (non-hydrogen) atoms. The molecule has 3 aromatic carbocycles. The molecule has 0 spiro atoms. The molecule has 0 radical (unpaired) electrons. The average molecular weight is 541 g/mol. The fourth-order valence-corrected chi connectivity index (χ4v) is 4.39. The number of carbonyl (C=O) groups excluding carboxylic acids is 1. The zero-order valence-corrected chi connectivity index (χ0v) is 19.9. The molecule has 1 aliphatic rings. The predicted molar refractivity (Wildman–Crippen MR) is 135 cm³/mol. The molecule has 6 nitrogen and oxygen atoms in total. The third kappa shape index (κ3) is 5.04. The van der Waals surface area contributed by atoms with Crippen LogP contribution in [0.5, 0.6) is 11.5 Å². The summed E-state index contributed by atoms with van der Waals surface area (Å²) < 4.78 is 6.44. The van der Waals surface area contributed by atoms with E-state index in [0.29, 0.717) is 0 Å². The van der Waals surface area contributed by atoms with Crippen LogP contribution in [0, 0.1) is 3.57 Å². The Balaban J connectivity index is 1.50. The lowest BCUT2D eigenvalue weighted by molar-refractivity contribution is 0.0952. The van der Waals surface area contributed by atoms with E-state index in [2.05, 4.69) is 62.3 Å². The van der Waals surface area contributed by atoms with Crippen LogP contribution in [0.15, 0.2) is 65.8 Å². The third-order valence-corrected chi connectivity index (χ3v) is 6.13. The summed E-state index contributed by atoms with van der Waals surface area (Å²) in [6.45, 7) is 1.72. The van der Waals surface area contributed by atoms with Gasteiger partial charge in [-0.2, -0.15) is 5.10 Å². The van der Waals surface area contributed by atoms with Gasteiger partial charge in [-0.25, -0.2) is 5.43 Å². The molecular weight excluding hydrogens is 517 g/mol. The van der Waals surface area contributed by atoms with E-state index in [1.165, 1.54) is 17.3 Å². The third-order valence-electron chi connectivity index (χ3n) is 5.46. The van der Waals surface area contributed by atoms with Gasteiger partial charge in [-0.15, -0.1) is 0 Å². The minimum Gasteiger partial charge on any atom is -0.507 e. The van der Waals surface area contributed by atoms with Crippen LogP contribution in [0.2, 0.25) is 0 Å². The molecule has 0 fully saturated rings. The average Bonchev–Trinajstić information content (AvgIpc) is 2.81. The fourth-order valence-electron chi connectivity index (χ4n) is 3.90. The number of methoxy groups -OCH3 is 1. The Hall–Kier alpha value is -3.07. The molecule has 2 N–H and O–H groups in total. The largest absolute Gasteiger partial charge is 0.507 e. The normalized spacial score (nSPS) is 13.1. The van der Waals surface area contributed by atoms with Crippen LogP contribution < -0.4 is 15.1 Å². The van der Waals surface area contributed by atoms with Crippen LogP contribution in [0.25, 0.3) is 0 Å². The van der Waals surface area contributed by atoms with E-state index in [-0.39, 0.29) is 11.3 Å². The number of carbonyl (C=O) groups is 1. The summed E-state index contributed by atoms with van der Waals surface area (Å²) >= 11 is 2.09. The van der Waals surface area contributed by atoms with Gasteiger partial charge in [-0.05, 0) is 89.0 Å². The van der Waals surface area contributed by atoms with E-state index in [1.54, 1.807) is 25.5 Å². The van der Waals surface area contributed by atoms with Crippen molar-refractivity contribution in [3.8, 4) is 11.5 Å². The molecule has 0 unspecified atom stereocenters. The lowest BCUT2D eigenvalue weighted by Crippen LogP contribution is -2.29. The minimum absolute atomic E-state index is 0.0772. The molecule has 0 aliphatic carbocycles. The van der Waals surface area contributed by atoms with Crippen LogP contribution in [-0.2, 0) is 13.0 Å². The quantitative estimate of drug-likeness (QED) is 0.269. The SMILES string of the molecule is COc1ccc(/C=N\NC(=O)c2cc(I)ccc2O)cc1CN1CCCc2ccccc21. The van der Waals surface area contributed by atoms with Crippen molar-refractivity contribution in [3.63, 3.8) is 0 Å². The summed E-state index contributed by atoms with van der Waals surface area (Å²) in [6.07, 6.45) is 3.82. The molecule has 0 bridgehead atoms. The van der Waals surface area contributed by atoms with Gasteiger partial charge in [0.1, 0.15) is 11.5 Å². The smallest absolute Gasteiger partial charge is 0.275 e. The number of hydrogen-bond donors (Lipinski definition) is 2. The first-order chi connectivity index (χ1) is 15.5. The molecule has 1 amide bonds. The van der Waals surface area contributed by atoms with Crippen molar-refractivity contribution in [2.45, 2.75) is 19.4 Å². The molecule has 164 valence electrons. The number of hydrazone groups is 1. The zero-order valence-electron chi connectivity index (χ0n) is 17.7. The van der Waals surface area contributed by atoms with E-state index >= 15 is 0 Å². The van der Waals surface area contributed by atoms with E-state index in [1.807, 2.05) is 18.2 Å². The predicted octanol–water partition coefficient (Wildman–Crippen LogP) is 4.72. The molecule has 0 atom stereocenters. The lowest BCUT2D eigenvalue weighted by Gasteiger charge is -2.31. The number of amides is 1. The molecule has 0 saturated heterocycles. The Morgan fingerprint density at radius 1 is 1.22 bits per heavy atom. The van der Waals surface area contributed by atoms with Gasteiger partial charge in [0.05, 0.1) is 18.9 Å². The number of phenols is 1. The molecular formula is C25H24IN3O3. The number of rotatable bonds is 6. The van der Waals surface area contributed by atoms with Crippen LogP contribution >= 0.6 is 22.6 Å². The van der Waals surface area contributed by atoms with Crippen molar-refractivity contribution in [1.29, 1.82) is 0 Å². The molecule has 0 aromatic heterocycles. The Morgan fingerprint density at radius 3 is 2.91 bits per heavy atom. The fraction of sp³-hybridized carbons (Fsp3) is 0.200. The maximum absolute atomic E-state index is 12.3. The van der Waals surface area contributed by atoms with Crippen LogP contribution in [0.4, 0.5) is 5.69 Å². The van der Waals surface area contributed by atoms with E-state index < -0.39 is 5.91 Å². The number of phenolic OH excluding ortho intramolecular Hbond substituents is 1. The molecule has 1 aliphatic heterocycles. The van der Waals surface area contributed by atoms with Gasteiger partial charge in [-0.3, -0.25) is 4.79 Å². The number of aromatic hydroxyl groups is 1. The highest BCUT2D eigenvalue weighted by Gasteiger charge is 2.18. The second kappa shape index (κ2) is 10.0. The van der Waals surface area contributed by atoms with Crippen molar-refractivity contribution in [3.05, 3.63) is 86.5 Å². The first-order valence-electron chi connectivity index (χ1n) is 10.4. The number of para-hydroxylation sites is 1. The number of nitrogens with zero attached hydrogens (tertiary/aromatic N) is 2. The van der Waals surface area contributed by atoms with E-state index in [9.17, 15) is 9.90 Å². The van der Waals surface area contributed by atoms with Gasteiger partial charge in [0.25, 0.3) is 5.91 Å². The maximum atomic E-state index is 12.3. The summed E-state index contributed by atoms with van der Waals surface area (Å²) in [6, 6.07) is 19.2. The standard InChI is InChI=1S/C25H24IN3O3/c1-32-24-11-8-17(15-27-28-25(31)21-14-20(26)9-10-23(21)30)13-19(24)16-29-12-4-6-18-5-2-3-7-22(18)29/h2-3,5,7-11,13-15,30H,4,6,12,16H2,1H3,(H,28,31)/b27-15-. The second-order valence-corrected chi connectivity index (χ2v) is 8.83. The number of aryl methyl sites for hydroxylation is 1. The topological polar surface area (TPSA) is 74.2 Å². The van der Waals surface area contributed by atoms with Gasteiger partial charge < -0.3 is 14.7 Å². The number of benzene rings is 3. The van der Waals surface area contributed by atoms with Crippen LogP contribution in [-0.4, -0.2) is 30.9 Å². The monoisotopic (exact) mass is 541 g/mol. The Bertz CT molecular complexity index is 1160. The summed E-state index contributed by atoms with van der Waals surface area (Å²) in [5.74, 6) is 0.278. The van der Waals surface area contributed by atoms with Crippen LogP contribution in [0.3, 0.4) is 0 Å². The van der Waals surface area contributed by atoms with E-state index in [4.69, 9.17) is 4.74 Å².